The molecule has 0 saturated heterocycles. The number of pyridine rings is 1. The smallest absolute Gasteiger partial charge is 0.164 e. The Kier molecular flexibility index (Phi) is 7.86. The Morgan fingerprint density at radius 3 is 1.96 bits per heavy atom. The molecule has 6 aromatic rings. The maximum Gasteiger partial charge on any atom is 0.164 e. The van der Waals surface area contributed by atoms with Crippen LogP contribution in [0.1, 0.15) is 24.1 Å². The molecule has 3 atom stereocenters. The van der Waals surface area contributed by atoms with Crippen molar-refractivity contribution in [1.29, 1.82) is 0 Å². The number of allylic oxidation sites excluding steroid dienone is 6. The van der Waals surface area contributed by atoms with E-state index in [-0.39, 0.29) is 17.9 Å². The first-order valence-corrected chi connectivity index (χ1v) is 17.5. The summed E-state index contributed by atoms with van der Waals surface area (Å²) >= 11 is 0. The van der Waals surface area contributed by atoms with Crippen molar-refractivity contribution < 1.29 is 0 Å². The molecule has 1 N–H and O–H groups in total. The van der Waals surface area contributed by atoms with Crippen LogP contribution in [0.2, 0.25) is 0 Å². The summed E-state index contributed by atoms with van der Waals surface area (Å²) in [5.74, 6) is 2.22. The fourth-order valence-electron chi connectivity index (χ4n) is 7.27. The van der Waals surface area contributed by atoms with Gasteiger partial charge in [0.25, 0.3) is 0 Å². The van der Waals surface area contributed by atoms with Crippen LogP contribution in [0.3, 0.4) is 0 Å². The molecule has 51 heavy (non-hydrogen) atoms. The highest BCUT2D eigenvalue weighted by molar-refractivity contribution is 5.77. The lowest BCUT2D eigenvalue weighted by molar-refractivity contribution is 0.742. The third-order valence-electron chi connectivity index (χ3n) is 9.80. The molecule has 0 saturated carbocycles. The second-order valence-corrected chi connectivity index (χ2v) is 13.2. The lowest BCUT2D eigenvalue weighted by Gasteiger charge is -2.29. The number of rotatable bonds is 6. The lowest BCUT2D eigenvalue weighted by atomic mass is 9.74. The van der Waals surface area contributed by atoms with Crippen LogP contribution in [0.4, 0.5) is 0 Å². The Bertz CT molecular complexity index is 2450. The third kappa shape index (κ3) is 6.04. The minimum Gasteiger partial charge on any atom is -0.377 e. The van der Waals surface area contributed by atoms with Crippen LogP contribution in [-0.4, -0.2) is 26.0 Å². The molecule has 1 aliphatic heterocycles. The molecule has 5 heteroatoms. The first kappa shape index (κ1) is 30.6. The summed E-state index contributed by atoms with van der Waals surface area (Å²) in [6.45, 7) is 2.14. The Labute approximate surface area is 297 Å². The summed E-state index contributed by atoms with van der Waals surface area (Å²) < 4.78 is 0. The van der Waals surface area contributed by atoms with Crippen molar-refractivity contribution in [3.05, 3.63) is 186 Å². The maximum atomic E-state index is 5.12. The van der Waals surface area contributed by atoms with Gasteiger partial charge in [0.1, 0.15) is 0 Å². The number of nitrogens with one attached hydrogen (secondary N) is 1. The molecule has 0 bridgehead atoms. The average Bonchev–Trinajstić information content (AvgIpc) is 3.21. The summed E-state index contributed by atoms with van der Waals surface area (Å²) in [6.07, 6.45) is 19.6. The summed E-state index contributed by atoms with van der Waals surface area (Å²) in [5.41, 5.74) is 9.39. The Balaban J connectivity index is 1.23. The maximum absolute atomic E-state index is 5.12. The number of aromatic nitrogens is 4. The van der Waals surface area contributed by atoms with Crippen molar-refractivity contribution >= 4 is 17.3 Å². The predicted octanol–water partition coefficient (Wildman–Crippen LogP) is 8.29. The van der Waals surface area contributed by atoms with E-state index in [4.69, 9.17) is 19.9 Å². The Morgan fingerprint density at radius 1 is 0.569 bits per heavy atom. The highest BCUT2D eigenvalue weighted by atomic mass is 15.0. The van der Waals surface area contributed by atoms with Gasteiger partial charge < -0.3 is 5.32 Å². The fourth-order valence-corrected chi connectivity index (χ4v) is 7.27. The molecule has 5 nitrogen and oxygen atoms in total. The topological polar surface area (TPSA) is 63.6 Å². The number of hydrogen-bond acceptors (Lipinski definition) is 5. The van der Waals surface area contributed by atoms with E-state index in [1.54, 1.807) is 0 Å². The molecule has 0 radical (unpaired) electrons. The minimum atomic E-state index is 0.107. The van der Waals surface area contributed by atoms with Gasteiger partial charge in [-0.15, -0.1) is 0 Å². The van der Waals surface area contributed by atoms with Gasteiger partial charge in [0, 0.05) is 46.3 Å². The number of benzene rings is 4. The van der Waals surface area contributed by atoms with Crippen molar-refractivity contribution in [2.24, 2.45) is 5.92 Å². The molecular formula is C46H35N5. The molecular weight excluding hydrogens is 623 g/mol. The Morgan fingerprint density at radius 2 is 1.25 bits per heavy atom. The summed E-state index contributed by atoms with van der Waals surface area (Å²) in [7, 11) is 0. The van der Waals surface area contributed by atoms with Crippen LogP contribution >= 0.6 is 0 Å². The van der Waals surface area contributed by atoms with Gasteiger partial charge in [-0.25, -0.2) is 15.0 Å². The van der Waals surface area contributed by atoms with Crippen LogP contribution in [0, 0.1) is 5.92 Å². The molecule has 4 aromatic carbocycles. The second-order valence-electron chi connectivity index (χ2n) is 13.2. The largest absolute Gasteiger partial charge is 0.377 e. The number of nitrogens with zero attached hydrogens (tertiary/aromatic N) is 4. The van der Waals surface area contributed by atoms with Gasteiger partial charge in [-0.05, 0) is 58.3 Å². The van der Waals surface area contributed by atoms with Gasteiger partial charge in [0.2, 0.25) is 0 Å². The van der Waals surface area contributed by atoms with E-state index in [1.807, 2.05) is 66.9 Å². The van der Waals surface area contributed by atoms with Crippen LogP contribution < -0.4 is 15.8 Å². The highest BCUT2D eigenvalue weighted by Crippen LogP contribution is 2.40. The highest BCUT2D eigenvalue weighted by Gasteiger charge is 2.27. The normalized spacial score (nSPS) is 18.6. The Hall–Kier alpha value is -6.46. The van der Waals surface area contributed by atoms with E-state index < -0.39 is 0 Å². The van der Waals surface area contributed by atoms with E-state index in [9.17, 15) is 0 Å². The summed E-state index contributed by atoms with van der Waals surface area (Å²) in [4.78, 5) is 20.1. The van der Waals surface area contributed by atoms with Crippen molar-refractivity contribution in [3.8, 4) is 45.3 Å². The van der Waals surface area contributed by atoms with E-state index in [2.05, 4.69) is 115 Å². The quantitative estimate of drug-likeness (QED) is 0.195. The molecule has 9 rings (SSSR count). The SMILES string of the molecule is CC1C=CC=C(c2ccc(-c3cc(-c4nc(-c5ccccc5)nc(-c5ccccc5)n4)cc(C4C=c5ccccc5=C5C=CC=CC54)c3)cn2)N1. The zero-order valence-corrected chi connectivity index (χ0v) is 28.2. The standard InChI is InChI=1S/C46H35N5/c1-30-13-12-22-43(48-30)42-24-23-34(29-47-42)35-25-36(41-28-33-18-8-9-19-38(33)39-20-10-11-21-40(39)41)27-37(26-35)46-50-44(31-14-4-2-5-15-31)49-45(51-46)32-16-6-3-7-17-32/h2-30,40-41,48H,1H3. The third-order valence-corrected chi connectivity index (χ3v) is 9.80. The molecule has 0 amide bonds. The van der Waals surface area contributed by atoms with Crippen molar-refractivity contribution in [2.45, 2.75) is 18.9 Å². The zero-order chi connectivity index (χ0) is 34.1. The fraction of sp³-hybridized carbons (Fsp3) is 0.0870. The van der Waals surface area contributed by atoms with Gasteiger partial charge in [-0.1, -0.05) is 140 Å². The van der Waals surface area contributed by atoms with Gasteiger partial charge in [-0.3, -0.25) is 4.98 Å². The van der Waals surface area contributed by atoms with Gasteiger partial charge in [0.15, 0.2) is 17.5 Å². The molecule has 3 aliphatic rings. The molecule has 3 unspecified atom stereocenters. The number of fused-ring (bicyclic) bond motifs is 2. The van der Waals surface area contributed by atoms with Crippen LogP contribution in [-0.2, 0) is 0 Å². The summed E-state index contributed by atoms with van der Waals surface area (Å²) in [5, 5.41) is 6.06. The minimum absolute atomic E-state index is 0.107. The summed E-state index contributed by atoms with van der Waals surface area (Å²) in [6, 6.07) is 40.3. The van der Waals surface area contributed by atoms with Crippen molar-refractivity contribution in [2.75, 3.05) is 0 Å². The average molecular weight is 658 g/mol. The van der Waals surface area contributed by atoms with Crippen LogP contribution in [0.5, 0.6) is 0 Å². The van der Waals surface area contributed by atoms with Crippen molar-refractivity contribution in [3.63, 3.8) is 0 Å². The van der Waals surface area contributed by atoms with Crippen LogP contribution in [0.25, 0.3) is 62.6 Å². The molecule has 2 aliphatic carbocycles. The number of dihydropyridines is 1. The monoisotopic (exact) mass is 657 g/mol. The van der Waals surface area contributed by atoms with Crippen molar-refractivity contribution in [1.82, 2.24) is 25.3 Å². The van der Waals surface area contributed by atoms with Gasteiger partial charge in [0.05, 0.1) is 11.4 Å². The lowest BCUT2D eigenvalue weighted by Crippen LogP contribution is -2.35. The number of hydrogen-bond donors (Lipinski definition) is 1. The first-order valence-electron chi connectivity index (χ1n) is 17.5. The van der Waals surface area contributed by atoms with Crippen LogP contribution in [0.15, 0.2) is 164 Å². The molecule has 2 aromatic heterocycles. The predicted molar refractivity (Wildman–Crippen MR) is 207 cm³/mol. The molecule has 244 valence electrons. The zero-order valence-electron chi connectivity index (χ0n) is 28.2. The van der Waals surface area contributed by atoms with E-state index in [0.717, 1.165) is 39.2 Å². The van der Waals surface area contributed by atoms with E-state index in [1.165, 1.54) is 21.6 Å². The first-order chi connectivity index (χ1) is 25.2. The second kappa shape index (κ2) is 13.1. The van der Waals surface area contributed by atoms with E-state index >= 15 is 0 Å². The van der Waals surface area contributed by atoms with E-state index in [0.29, 0.717) is 17.5 Å². The van der Waals surface area contributed by atoms with Gasteiger partial charge in [-0.2, -0.15) is 0 Å². The van der Waals surface area contributed by atoms with Gasteiger partial charge >= 0.3 is 0 Å². The molecule has 3 heterocycles. The molecule has 0 spiro atoms. The molecule has 0 fully saturated rings.